The number of aliphatic hydroxyl groups is 1. The molecule has 0 bridgehead atoms. The first-order valence-corrected chi connectivity index (χ1v) is 7.52. The van der Waals surface area contributed by atoms with Crippen molar-refractivity contribution < 1.29 is 5.11 Å². The van der Waals surface area contributed by atoms with Crippen molar-refractivity contribution in [2.24, 2.45) is 0 Å². The Hall–Kier alpha value is -1.45. The third kappa shape index (κ3) is 2.43. The van der Waals surface area contributed by atoms with Crippen LogP contribution in [0.1, 0.15) is 38.2 Å². The Labute approximate surface area is 120 Å². The Bertz CT molecular complexity index is 583. The number of rotatable bonds is 3. The molecule has 0 saturated heterocycles. The van der Waals surface area contributed by atoms with E-state index in [4.69, 9.17) is 0 Å². The van der Waals surface area contributed by atoms with Crippen LogP contribution in [-0.4, -0.2) is 22.7 Å². The van der Waals surface area contributed by atoms with Gasteiger partial charge in [0.15, 0.2) is 0 Å². The average Bonchev–Trinajstić information content (AvgIpc) is 2.49. The van der Waals surface area contributed by atoms with Crippen molar-refractivity contribution in [3.8, 4) is 0 Å². The number of fused-ring (bicyclic) bond motifs is 1. The molecule has 1 fully saturated rings. The normalized spacial score (nSPS) is 26.8. The van der Waals surface area contributed by atoms with E-state index in [1.165, 1.54) is 0 Å². The van der Waals surface area contributed by atoms with Crippen LogP contribution in [0.4, 0.5) is 0 Å². The van der Waals surface area contributed by atoms with E-state index in [-0.39, 0.29) is 0 Å². The van der Waals surface area contributed by atoms with Gasteiger partial charge in [-0.3, -0.25) is 4.98 Å². The van der Waals surface area contributed by atoms with E-state index in [0.29, 0.717) is 6.04 Å². The summed E-state index contributed by atoms with van der Waals surface area (Å²) in [6.45, 7) is 3.14. The molecule has 3 heteroatoms. The van der Waals surface area contributed by atoms with Crippen LogP contribution in [0, 0.1) is 0 Å². The van der Waals surface area contributed by atoms with Gasteiger partial charge in [-0.15, -0.1) is 0 Å². The Morgan fingerprint density at radius 1 is 1.30 bits per heavy atom. The second-order valence-electron chi connectivity index (χ2n) is 5.77. The highest BCUT2D eigenvalue weighted by molar-refractivity contribution is 5.85. The summed E-state index contributed by atoms with van der Waals surface area (Å²) in [6.07, 6.45) is 7.37. The molecule has 0 spiro atoms. The van der Waals surface area contributed by atoms with Crippen LogP contribution >= 0.6 is 0 Å². The van der Waals surface area contributed by atoms with Crippen molar-refractivity contribution in [3.05, 3.63) is 42.2 Å². The average molecular weight is 270 g/mol. The SMILES string of the molecule is CCNC1CCC(O)(c2cccc3ccncc23)CC1. The molecule has 0 amide bonds. The Morgan fingerprint density at radius 3 is 2.85 bits per heavy atom. The summed E-state index contributed by atoms with van der Waals surface area (Å²) in [7, 11) is 0. The molecule has 1 aromatic heterocycles. The van der Waals surface area contributed by atoms with E-state index in [1.54, 1.807) is 6.20 Å². The highest BCUT2D eigenvalue weighted by atomic mass is 16.3. The zero-order chi connectivity index (χ0) is 14.0. The maximum absolute atomic E-state index is 11.1. The quantitative estimate of drug-likeness (QED) is 0.901. The second kappa shape index (κ2) is 5.51. The van der Waals surface area contributed by atoms with Crippen molar-refractivity contribution in [3.63, 3.8) is 0 Å². The minimum atomic E-state index is -0.700. The second-order valence-corrected chi connectivity index (χ2v) is 5.77. The molecule has 2 aromatic rings. The highest BCUT2D eigenvalue weighted by Gasteiger charge is 2.35. The van der Waals surface area contributed by atoms with Gasteiger partial charge in [0.1, 0.15) is 0 Å². The fraction of sp³-hybridized carbons (Fsp3) is 0.471. The lowest BCUT2D eigenvalue weighted by Gasteiger charge is -2.37. The number of nitrogens with one attached hydrogen (secondary N) is 1. The van der Waals surface area contributed by atoms with Crippen LogP contribution in [0.25, 0.3) is 10.8 Å². The van der Waals surface area contributed by atoms with Gasteiger partial charge in [-0.25, -0.2) is 0 Å². The Kier molecular flexibility index (Phi) is 3.72. The molecule has 1 aliphatic rings. The van der Waals surface area contributed by atoms with Crippen molar-refractivity contribution in [1.29, 1.82) is 0 Å². The number of benzene rings is 1. The lowest BCUT2D eigenvalue weighted by Crippen LogP contribution is -2.39. The lowest BCUT2D eigenvalue weighted by molar-refractivity contribution is -0.00682. The largest absolute Gasteiger partial charge is 0.385 e. The van der Waals surface area contributed by atoms with Gasteiger partial charge in [0, 0.05) is 23.8 Å². The molecule has 0 atom stereocenters. The van der Waals surface area contributed by atoms with E-state index in [1.807, 2.05) is 18.3 Å². The fourth-order valence-electron chi connectivity index (χ4n) is 3.38. The van der Waals surface area contributed by atoms with Crippen LogP contribution in [0.2, 0.25) is 0 Å². The first-order chi connectivity index (χ1) is 9.73. The smallest absolute Gasteiger partial charge is 0.0904 e. The zero-order valence-corrected chi connectivity index (χ0v) is 12.0. The van der Waals surface area contributed by atoms with Crippen molar-refractivity contribution in [2.75, 3.05) is 6.54 Å². The Morgan fingerprint density at radius 2 is 2.10 bits per heavy atom. The van der Waals surface area contributed by atoms with E-state index >= 15 is 0 Å². The molecule has 3 nitrogen and oxygen atoms in total. The van der Waals surface area contributed by atoms with Crippen molar-refractivity contribution in [2.45, 2.75) is 44.2 Å². The van der Waals surface area contributed by atoms with Gasteiger partial charge >= 0.3 is 0 Å². The van der Waals surface area contributed by atoms with Gasteiger partial charge < -0.3 is 10.4 Å². The monoisotopic (exact) mass is 270 g/mol. The molecule has 0 unspecified atom stereocenters. The maximum Gasteiger partial charge on any atom is 0.0904 e. The summed E-state index contributed by atoms with van der Waals surface area (Å²) in [5, 5.41) is 16.8. The number of pyridine rings is 1. The van der Waals surface area contributed by atoms with Gasteiger partial charge in [-0.1, -0.05) is 25.1 Å². The van der Waals surface area contributed by atoms with E-state index in [0.717, 1.165) is 48.6 Å². The van der Waals surface area contributed by atoms with Crippen LogP contribution in [0.3, 0.4) is 0 Å². The van der Waals surface area contributed by atoms with Crippen LogP contribution < -0.4 is 5.32 Å². The number of aromatic nitrogens is 1. The zero-order valence-electron chi connectivity index (χ0n) is 12.0. The van der Waals surface area contributed by atoms with Crippen LogP contribution in [-0.2, 0) is 5.60 Å². The first-order valence-electron chi connectivity index (χ1n) is 7.52. The molecule has 2 N–H and O–H groups in total. The molecule has 1 aliphatic carbocycles. The Balaban J connectivity index is 1.91. The van der Waals surface area contributed by atoms with E-state index in [9.17, 15) is 5.11 Å². The number of nitrogens with zero attached hydrogens (tertiary/aromatic N) is 1. The van der Waals surface area contributed by atoms with Gasteiger partial charge in [0.25, 0.3) is 0 Å². The predicted octanol–water partition coefficient (Wildman–Crippen LogP) is 2.97. The molecular formula is C17H22N2O. The number of hydrogen-bond donors (Lipinski definition) is 2. The molecule has 106 valence electrons. The van der Waals surface area contributed by atoms with E-state index in [2.05, 4.69) is 29.4 Å². The first kappa shape index (κ1) is 13.5. The lowest BCUT2D eigenvalue weighted by atomic mass is 9.76. The molecule has 0 radical (unpaired) electrons. The molecule has 1 saturated carbocycles. The van der Waals surface area contributed by atoms with Crippen molar-refractivity contribution >= 4 is 10.8 Å². The summed E-state index contributed by atoms with van der Waals surface area (Å²) in [6, 6.07) is 8.72. The summed E-state index contributed by atoms with van der Waals surface area (Å²) in [5.41, 5.74) is 0.340. The van der Waals surface area contributed by atoms with Gasteiger partial charge in [-0.05, 0) is 49.2 Å². The molecule has 0 aliphatic heterocycles. The summed E-state index contributed by atoms with van der Waals surface area (Å²) in [5.74, 6) is 0. The van der Waals surface area contributed by atoms with Crippen LogP contribution in [0.5, 0.6) is 0 Å². The van der Waals surface area contributed by atoms with Gasteiger partial charge in [-0.2, -0.15) is 0 Å². The summed E-state index contributed by atoms with van der Waals surface area (Å²) >= 11 is 0. The molecule has 20 heavy (non-hydrogen) atoms. The molecule has 3 rings (SSSR count). The maximum atomic E-state index is 11.1. The topological polar surface area (TPSA) is 45.1 Å². The predicted molar refractivity (Wildman–Crippen MR) is 81.6 cm³/mol. The van der Waals surface area contributed by atoms with Gasteiger partial charge in [0.05, 0.1) is 5.60 Å². The summed E-state index contributed by atoms with van der Waals surface area (Å²) < 4.78 is 0. The van der Waals surface area contributed by atoms with E-state index < -0.39 is 5.60 Å². The third-order valence-electron chi connectivity index (χ3n) is 4.49. The highest BCUT2D eigenvalue weighted by Crippen LogP contribution is 2.39. The number of hydrogen-bond acceptors (Lipinski definition) is 3. The minimum absolute atomic E-state index is 0.549. The molecular weight excluding hydrogens is 248 g/mol. The third-order valence-corrected chi connectivity index (χ3v) is 4.49. The summed E-state index contributed by atoms with van der Waals surface area (Å²) in [4.78, 5) is 4.22. The fourth-order valence-corrected chi connectivity index (χ4v) is 3.38. The minimum Gasteiger partial charge on any atom is -0.385 e. The van der Waals surface area contributed by atoms with Crippen LogP contribution in [0.15, 0.2) is 36.7 Å². The van der Waals surface area contributed by atoms with Crippen molar-refractivity contribution in [1.82, 2.24) is 10.3 Å². The van der Waals surface area contributed by atoms with Gasteiger partial charge in [0.2, 0.25) is 0 Å². The standard InChI is InChI=1S/C17H22N2O/c1-2-19-14-6-9-17(20,10-7-14)16-5-3-4-13-8-11-18-12-15(13)16/h3-5,8,11-12,14,19-20H,2,6-7,9-10H2,1H3. The molecule has 1 heterocycles. The molecule has 1 aromatic carbocycles.